The molecule has 1 nitrogen and oxygen atoms in total. The molecule has 1 aromatic heterocycles. The molecular formula is C13H20BrN. The molecule has 0 spiro atoms. The van der Waals surface area contributed by atoms with Crippen molar-refractivity contribution >= 4 is 15.9 Å². The lowest BCUT2D eigenvalue weighted by molar-refractivity contribution is 0.258. The molecule has 0 radical (unpaired) electrons. The van der Waals surface area contributed by atoms with Gasteiger partial charge in [-0.3, -0.25) is 4.98 Å². The van der Waals surface area contributed by atoms with E-state index >= 15 is 0 Å². The van der Waals surface area contributed by atoms with Crippen molar-refractivity contribution < 1.29 is 0 Å². The quantitative estimate of drug-likeness (QED) is 0.777. The van der Waals surface area contributed by atoms with Crippen molar-refractivity contribution in [1.82, 2.24) is 4.98 Å². The smallest absolute Gasteiger partial charge is 0.0416 e. The number of aryl methyl sites for hydroxylation is 1. The molecule has 0 saturated heterocycles. The van der Waals surface area contributed by atoms with Crippen LogP contribution in [0, 0.1) is 18.3 Å². The Morgan fingerprint density at radius 1 is 1.40 bits per heavy atom. The topological polar surface area (TPSA) is 12.9 Å². The van der Waals surface area contributed by atoms with Crippen LogP contribution in [0.3, 0.4) is 0 Å². The first-order chi connectivity index (χ1) is 6.80. The van der Waals surface area contributed by atoms with E-state index in [1.165, 1.54) is 11.3 Å². The first kappa shape index (κ1) is 12.7. The monoisotopic (exact) mass is 269 g/mol. The van der Waals surface area contributed by atoms with Crippen molar-refractivity contribution in [2.45, 2.75) is 41.0 Å². The SMILES string of the molecule is Cc1cc(C[C@@H](C)C(C)(C)C)ncc1Br. The summed E-state index contributed by atoms with van der Waals surface area (Å²) in [6.07, 6.45) is 2.96. The average Bonchev–Trinajstić information content (AvgIpc) is 2.10. The predicted octanol–water partition coefficient (Wildman–Crippen LogP) is 4.38. The molecule has 2 heteroatoms. The number of halogens is 1. The van der Waals surface area contributed by atoms with Gasteiger partial charge in [-0.05, 0) is 52.2 Å². The molecular weight excluding hydrogens is 250 g/mol. The van der Waals surface area contributed by atoms with Crippen LogP contribution in [0.5, 0.6) is 0 Å². The first-order valence-electron chi connectivity index (χ1n) is 5.41. The number of hydrogen-bond donors (Lipinski definition) is 0. The number of rotatable bonds is 2. The average molecular weight is 270 g/mol. The van der Waals surface area contributed by atoms with E-state index in [1.54, 1.807) is 0 Å². The van der Waals surface area contributed by atoms with Crippen LogP contribution in [0.25, 0.3) is 0 Å². The maximum absolute atomic E-state index is 4.45. The Hall–Kier alpha value is -0.370. The summed E-state index contributed by atoms with van der Waals surface area (Å²) in [4.78, 5) is 4.45. The normalized spacial score (nSPS) is 14.0. The van der Waals surface area contributed by atoms with Gasteiger partial charge in [0.05, 0.1) is 0 Å². The van der Waals surface area contributed by atoms with Crippen LogP contribution >= 0.6 is 15.9 Å². The molecule has 15 heavy (non-hydrogen) atoms. The van der Waals surface area contributed by atoms with E-state index < -0.39 is 0 Å². The lowest BCUT2D eigenvalue weighted by Gasteiger charge is -2.27. The molecule has 0 saturated carbocycles. The molecule has 0 aliphatic carbocycles. The van der Waals surface area contributed by atoms with Crippen LogP contribution in [0.2, 0.25) is 0 Å². The maximum atomic E-state index is 4.45. The standard InChI is InChI=1S/C13H20BrN/c1-9-6-11(15-8-12(9)14)7-10(2)13(3,4)5/h6,8,10H,7H2,1-5H3/t10-/m1/s1. The van der Waals surface area contributed by atoms with Gasteiger partial charge >= 0.3 is 0 Å². The zero-order chi connectivity index (χ0) is 11.6. The summed E-state index contributed by atoms with van der Waals surface area (Å²) < 4.78 is 1.09. The van der Waals surface area contributed by atoms with Crippen LogP contribution in [-0.2, 0) is 6.42 Å². The van der Waals surface area contributed by atoms with E-state index in [9.17, 15) is 0 Å². The van der Waals surface area contributed by atoms with E-state index in [-0.39, 0.29) is 0 Å². The molecule has 0 unspecified atom stereocenters. The summed E-state index contributed by atoms with van der Waals surface area (Å²) in [6.45, 7) is 11.2. The van der Waals surface area contributed by atoms with Crippen molar-refractivity contribution in [3.63, 3.8) is 0 Å². The van der Waals surface area contributed by atoms with Gasteiger partial charge in [-0.25, -0.2) is 0 Å². The van der Waals surface area contributed by atoms with E-state index in [4.69, 9.17) is 0 Å². The summed E-state index contributed by atoms with van der Waals surface area (Å²) in [7, 11) is 0. The third-order valence-electron chi connectivity index (χ3n) is 3.10. The van der Waals surface area contributed by atoms with Gasteiger partial charge in [0.1, 0.15) is 0 Å². The molecule has 0 bridgehead atoms. The molecule has 0 aliphatic rings. The van der Waals surface area contributed by atoms with Gasteiger partial charge in [0.25, 0.3) is 0 Å². The fourth-order valence-electron chi connectivity index (χ4n) is 1.33. The third kappa shape index (κ3) is 3.60. The highest BCUT2D eigenvalue weighted by Gasteiger charge is 2.20. The summed E-state index contributed by atoms with van der Waals surface area (Å²) in [5.41, 5.74) is 2.81. The van der Waals surface area contributed by atoms with Crippen LogP contribution < -0.4 is 0 Å². The number of nitrogens with zero attached hydrogens (tertiary/aromatic N) is 1. The van der Waals surface area contributed by atoms with Gasteiger partial charge in [-0.15, -0.1) is 0 Å². The van der Waals surface area contributed by atoms with Crippen molar-refractivity contribution in [3.05, 3.63) is 28.0 Å². The summed E-state index contributed by atoms with van der Waals surface area (Å²) >= 11 is 3.47. The van der Waals surface area contributed by atoms with Gasteiger partial charge in [0.2, 0.25) is 0 Å². The Kier molecular flexibility index (Phi) is 3.93. The van der Waals surface area contributed by atoms with Gasteiger partial charge in [-0.2, -0.15) is 0 Å². The molecule has 1 atom stereocenters. The Bertz CT molecular complexity index is 339. The molecule has 1 aromatic rings. The second kappa shape index (κ2) is 4.65. The Morgan fingerprint density at radius 3 is 2.47 bits per heavy atom. The minimum atomic E-state index is 0.350. The molecule has 0 amide bonds. The summed E-state index contributed by atoms with van der Waals surface area (Å²) in [6, 6.07) is 2.17. The van der Waals surface area contributed by atoms with E-state index in [0.717, 1.165) is 10.9 Å². The summed E-state index contributed by atoms with van der Waals surface area (Å²) in [5.74, 6) is 0.644. The van der Waals surface area contributed by atoms with Crippen molar-refractivity contribution in [2.75, 3.05) is 0 Å². The molecule has 0 N–H and O–H groups in total. The second-order valence-electron chi connectivity index (χ2n) is 5.40. The van der Waals surface area contributed by atoms with Crippen LogP contribution in [0.1, 0.15) is 39.0 Å². The number of hydrogen-bond acceptors (Lipinski definition) is 1. The molecule has 1 rings (SSSR count). The van der Waals surface area contributed by atoms with Gasteiger partial charge in [0, 0.05) is 16.4 Å². The van der Waals surface area contributed by atoms with Crippen molar-refractivity contribution in [3.8, 4) is 0 Å². The fourth-order valence-corrected chi connectivity index (χ4v) is 1.55. The van der Waals surface area contributed by atoms with Crippen molar-refractivity contribution in [2.24, 2.45) is 11.3 Å². The van der Waals surface area contributed by atoms with Gasteiger partial charge < -0.3 is 0 Å². The van der Waals surface area contributed by atoms with Crippen LogP contribution in [0.4, 0.5) is 0 Å². The van der Waals surface area contributed by atoms with Crippen LogP contribution in [0.15, 0.2) is 16.7 Å². The zero-order valence-electron chi connectivity index (χ0n) is 10.3. The lowest BCUT2D eigenvalue weighted by atomic mass is 9.79. The number of pyridine rings is 1. The molecule has 0 aromatic carbocycles. The largest absolute Gasteiger partial charge is 0.260 e. The maximum Gasteiger partial charge on any atom is 0.0416 e. The highest BCUT2D eigenvalue weighted by atomic mass is 79.9. The van der Waals surface area contributed by atoms with E-state index in [2.05, 4.69) is 61.6 Å². The first-order valence-corrected chi connectivity index (χ1v) is 6.21. The molecule has 0 fully saturated rings. The highest BCUT2D eigenvalue weighted by Crippen LogP contribution is 2.28. The Balaban J connectivity index is 2.78. The molecule has 1 heterocycles. The minimum Gasteiger partial charge on any atom is -0.260 e. The fraction of sp³-hybridized carbons (Fsp3) is 0.615. The van der Waals surface area contributed by atoms with E-state index in [1.807, 2.05) is 6.20 Å². The van der Waals surface area contributed by atoms with Gasteiger partial charge in [0.15, 0.2) is 0 Å². The predicted molar refractivity (Wildman–Crippen MR) is 69.0 cm³/mol. The Morgan fingerprint density at radius 2 is 2.00 bits per heavy atom. The van der Waals surface area contributed by atoms with Crippen LogP contribution in [-0.4, -0.2) is 4.98 Å². The number of aromatic nitrogens is 1. The second-order valence-corrected chi connectivity index (χ2v) is 6.25. The lowest BCUT2D eigenvalue weighted by Crippen LogP contribution is -2.19. The zero-order valence-corrected chi connectivity index (χ0v) is 11.9. The van der Waals surface area contributed by atoms with Gasteiger partial charge in [-0.1, -0.05) is 27.7 Å². The molecule has 84 valence electrons. The highest BCUT2D eigenvalue weighted by molar-refractivity contribution is 9.10. The van der Waals surface area contributed by atoms with E-state index in [0.29, 0.717) is 11.3 Å². The Labute approximate surface area is 101 Å². The van der Waals surface area contributed by atoms with Crippen molar-refractivity contribution in [1.29, 1.82) is 0 Å². The minimum absolute atomic E-state index is 0.350. The molecule has 0 aliphatic heterocycles. The third-order valence-corrected chi connectivity index (χ3v) is 3.93. The summed E-state index contributed by atoms with van der Waals surface area (Å²) in [5, 5.41) is 0.